The van der Waals surface area contributed by atoms with Crippen molar-refractivity contribution in [3.8, 4) is 5.88 Å². The Hall–Kier alpha value is -2.57. The van der Waals surface area contributed by atoms with E-state index in [1.165, 1.54) is 0 Å². The molecule has 21 heavy (non-hydrogen) atoms. The Morgan fingerprint density at radius 2 is 2.29 bits per heavy atom. The molecule has 0 radical (unpaired) electrons. The summed E-state index contributed by atoms with van der Waals surface area (Å²) >= 11 is 0. The molecule has 0 atom stereocenters. The number of ether oxygens (including phenoxy) is 1. The lowest BCUT2D eigenvalue weighted by atomic mass is 10.2. The summed E-state index contributed by atoms with van der Waals surface area (Å²) in [6, 6.07) is 5.54. The van der Waals surface area contributed by atoms with Gasteiger partial charge in [-0.2, -0.15) is 5.10 Å². The SMILES string of the molecule is CCc1nn(C)c(OC)c1CN=C(N)Nc1ccccn1. The van der Waals surface area contributed by atoms with E-state index in [0.717, 1.165) is 17.7 Å². The molecule has 2 aromatic rings. The first-order valence-corrected chi connectivity index (χ1v) is 6.72. The number of aryl methyl sites for hydroxylation is 2. The molecule has 0 fully saturated rings. The molecule has 0 bridgehead atoms. The van der Waals surface area contributed by atoms with Gasteiger partial charge in [0.15, 0.2) is 5.96 Å². The van der Waals surface area contributed by atoms with Crippen LogP contribution in [0.3, 0.4) is 0 Å². The van der Waals surface area contributed by atoms with Crippen molar-refractivity contribution in [3.05, 3.63) is 35.7 Å². The van der Waals surface area contributed by atoms with E-state index in [1.807, 2.05) is 32.2 Å². The Bertz CT molecular complexity index is 620. The van der Waals surface area contributed by atoms with Crippen LogP contribution in [0.1, 0.15) is 18.2 Å². The van der Waals surface area contributed by atoms with E-state index in [9.17, 15) is 0 Å². The van der Waals surface area contributed by atoms with Crippen LogP contribution in [0, 0.1) is 0 Å². The number of hydrogen-bond donors (Lipinski definition) is 2. The number of hydrogen-bond acceptors (Lipinski definition) is 4. The first kappa shape index (κ1) is 14.8. The predicted molar refractivity (Wildman–Crippen MR) is 82.3 cm³/mol. The molecular formula is C14H20N6O. The molecule has 2 aromatic heterocycles. The molecule has 0 aliphatic carbocycles. The van der Waals surface area contributed by atoms with Crippen molar-refractivity contribution in [1.82, 2.24) is 14.8 Å². The zero-order valence-corrected chi connectivity index (χ0v) is 12.5. The van der Waals surface area contributed by atoms with Crippen molar-refractivity contribution in [2.75, 3.05) is 12.4 Å². The summed E-state index contributed by atoms with van der Waals surface area (Å²) in [6.07, 6.45) is 2.50. The summed E-state index contributed by atoms with van der Waals surface area (Å²) in [6.45, 7) is 2.45. The lowest BCUT2D eigenvalue weighted by Crippen LogP contribution is -2.23. The summed E-state index contributed by atoms with van der Waals surface area (Å²) in [5.41, 5.74) is 7.79. The summed E-state index contributed by atoms with van der Waals surface area (Å²) in [5, 5.41) is 7.35. The van der Waals surface area contributed by atoms with Crippen LogP contribution in [0.5, 0.6) is 5.88 Å². The summed E-state index contributed by atoms with van der Waals surface area (Å²) in [7, 11) is 3.47. The van der Waals surface area contributed by atoms with Gasteiger partial charge in [0.1, 0.15) is 5.82 Å². The number of pyridine rings is 1. The molecule has 0 saturated carbocycles. The molecule has 0 aromatic carbocycles. The lowest BCUT2D eigenvalue weighted by molar-refractivity contribution is 0.369. The van der Waals surface area contributed by atoms with Crippen LogP contribution in [0.2, 0.25) is 0 Å². The number of aliphatic imine (C=N–C) groups is 1. The minimum absolute atomic E-state index is 0.307. The number of nitrogens with one attached hydrogen (secondary N) is 1. The molecule has 7 nitrogen and oxygen atoms in total. The Kier molecular flexibility index (Phi) is 4.76. The average molecular weight is 288 g/mol. The van der Waals surface area contributed by atoms with Crippen LogP contribution >= 0.6 is 0 Å². The molecule has 0 unspecified atom stereocenters. The van der Waals surface area contributed by atoms with E-state index >= 15 is 0 Å². The first-order valence-electron chi connectivity index (χ1n) is 6.72. The fourth-order valence-corrected chi connectivity index (χ4v) is 2.08. The zero-order chi connectivity index (χ0) is 15.2. The van der Waals surface area contributed by atoms with Gasteiger partial charge < -0.3 is 15.8 Å². The zero-order valence-electron chi connectivity index (χ0n) is 12.5. The lowest BCUT2D eigenvalue weighted by Gasteiger charge is -2.05. The van der Waals surface area contributed by atoms with Crippen molar-refractivity contribution in [2.24, 2.45) is 17.8 Å². The van der Waals surface area contributed by atoms with Gasteiger partial charge in [0.25, 0.3) is 0 Å². The number of methoxy groups -OCH3 is 1. The van der Waals surface area contributed by atoms with Gasteiger partial charge in [0.2, 0.25) is 5.88 Å². The number of guanidine groups is 1. The maximum atomic E-state index is 5.87. The van der Waals surface area contributed by atoms with Gasteiger partial charge in [0, 0.05) is 13.2 Å². The summed E-state index contributed by atoms with van der Waals surface area (Å²) in [5.74, 6) is 1.68. The molecule has 0 amide bonds. The van der Waals surface area contributed by atoms with Gasteiger partial charge in [-0.25, -0.2) is 14.7 Å². The number of anilines is 1. The maximum absolute atomic E-state index is 5.87. The Labute approximate surface area is 123 Å². The van der Waals surface area contributed by atoms with Crippen molar-refractivity contribution >= 4 is 11.8 Å². The van der Waals surface area contributed by atoms with Crippen molar-refractivity contribution in [3.63, 3.8) is 0 Å². The highest BCUT2D eigenvalue weighted by Gasteiger charge is 2.15. The van der Waals surface area contributed by atoms with Crippen LogP contribution in [0.25, 0.3) is 0 Å². The molecule has 7 heteroatoms. The smallest absolute Gasteiger partial charge is 0.216 e. The molecular weight excluding hydrogens is 268 g/mol. The van der Waals surface area contributed by atoms with E-state index < -0.39 is 0 Å². The molecule has 2 heterocycles. The minimum Gasteiger partial charge on any atom is -0.481 e. The molecule has 3 N–H and O–H groups in total. The molecule has 0 saturated heterocycles. The normalized spacial score (nSPS) is 11.5. The van der Waals surface area contributed by atoms with Gasteiger partial charge in [-0.3, -0.25) is 0 Å². The molecule has 2 rings (SSSR count). The topological polar surface area (TPSA) is 90.3 Å². The standard InChI is InChI=1S/C14H20N6O/c1-4-11-10(13(21-3)20(2)19-11)9-17-14(15)18-12-7-5-6-8-16-12/h5-8H,4,9H2,1-3H3,(H3,15,16,17,18). The second-order valence-corrected chi connectivity index (χ2v) is 4.45. The van der Waals surface area contributed by atoms with E-state index in [1.54, 1.807) is 18.0 Å². The van der Waals surface area contributed by atoms with Gasteiger partial charge >= 0.3 is 0 Å². The second-order valence-electron chi connectivity index (χ2n) is 4.45. The van der Waals surface area contributed by atoms with E-state index in [-0.39, 0.29) is 0 Å². The van der Waals surface area contributed by atoms with Crippen LogP contribution in [0.4, 0.5) is 5.82 Å². The molecule has 0 spiro atoms. The highest BCUT2D eigenvalue weighted by Crippen LogP contribution is 2.22. The van der Waals surface area contributed by atoms with E-state index in [0.29, 0.717) is 24.2 Å². The molecule has 0 aliphatic heterocycles. The number of nitrogens with two attached hydrogens (primary N) is 1. The number of rotatable bonds is 5. The third-order valence-corrected chi connectivity index (χ3v) is 3.03. The summed E-state index contributed by atoms with van der Waals surface area (Å²) < 4.78 is 7.08. The monoisotopic (exact) mass is 288 g/mol. The number of nitrogens with zero attached hydrogens (tertiary/aromatic N) is 4. The average Bonchev–Trinajstić information content (AvgIpc) is 2.81. The van der Waals surface area contributed by atoms with Gasteiger partial charge in [-0.15, -0.1) is 0 Å². The van der Waals surface area contributed by atoms with Crippen LogP contribution in [0.15, 0.2) is 29.4 Å². The van der Waals surface area contributed by atoms with Crippen LogP contribution in [-0.2, 0) is 20.0 Å². The quantitative estimate of drug-likeness (QED) is 0.639. The Morgan fingerprint density at radius 1 is 1.48 bits per heavy atom. The van der Waals surface area contributed by atoms with Gasteiger partial charge in [-0.1, -0.05) is 13.0 Å². The van der Waals surface area contributed by atoms with Crippen LogP contribution in [-0.4, -0.2) is 27.8 Å². The fourth-order valence-electron chi connectivity index (χ4n) is 2.08. The van der Waals surface area contributed by atoms with E-state index in [2.05, 4.69) is 20.4 Å². The largest absolute Gasteiger partial charge is 0.481 e. The van der Waals surface area contributed by atoms with E-state index in [4.69, 9.17) is 10.5 Å². The molecule has 112 valence electrons. The highest BCUT2D eigenvalue weighted by atomic mass is 16.5. The maximum Gasteiger partial charge on any atom is 0.216 e. The van der Waals surface area contributed by atoms with Crippen molar-refractivity contribution in [2.45, 2.75) is 19.9 Å². The number of aromatic nitrogens is 3. The first-order chi connectivity index (χ1) is 10.2. The third kappa shape index (κ3) is 3.50. The van der Waals surface area contributed by atoms with Gasteiger partial charge in [-0.05, 0) is 18.6 Å². The van der Waals surface area contributed by atoms with Crippen molar-refractivity contribution < 1.29 is 4.74 Å². The minimum atomic E-state index is 0.307. The Morgan fingerprint density at radius 3 is 2.90 bits per heavy atom. The Balaban J connectivity index is 2.13. The fraction of sp³-hybridized carbons (Fsp3) is 0.357. The molecule has 0 aliphatic rings. The highest BCUT2D eigenvalue weighted by molar-refractivity contribution is 5.91. The van der Waals surface area contributed by atoms with Crippen LogP contribution < -0.4 is 15.8 Å². The van der Waals surface area contributed by atoms with Crippen molar-refractivity contribution in [1.29, 1.82) is 0 Å². The predicted octanol–water partition coefficient (Wildman–Crippen LogP) is 1.31. The summed E-state index contributed by atoms with van der Waals surface area (Å²) in [4.78, 5) is 8.46. The van der Waals surface area contributed by atoms with Gasteiger partial charge in [0.05, 0.1) is 24.9 Å². The second kappa shape index (κ2) is 6.74. The third-order valence-electron chi connectivity index (χ3n) is 3.03.